The Balaban J connectivity index is 1.71. The summed E-state index contributed by atoms with van der Waals surface area (Å²) in [6.07, 6.45) is 3.26. The maximum absolute atomic E-state index is 13.1. The Labute approximate surface area is 107 Å². The maximum atomic E-state index is 13.1. The first kappa shape index (κ1) is 13.5. The Bertz CT molecular complexity index is 364. The third-order valence-corrected chi connectivity index (χ3v) is 3.79. The number of rotatable bonds is 5. The van der Waals surface area contributed by atoms with Crippen LogP contribution in [0.3, 0.4) is 0 Å². The van der Waals surface area contributed by atoms with Crippen molar-refractivity contribution in [2.75, 3.05) is 0 Å². The van der Waals surface area contributed by atoms with Gasteiger partial charge in [-0.1, -0.05) is 30.3 Å². The summed E-state index contributed by atoms with van der Waals surface area (Å²) < 4.78 is 26.1. The minimum Gasteiger partial charge on any atom is -0.328 e. The molecule has 3 heteroatoms. The van der Waals surface area contributed by atoms with Crippen LogP contribution in [0.15, 0.2) is 30.3 Å². The van der Waals surface area contributed by atoms with E-state index in [9.17, 15) is 8.78 Å². The van der Waals surface area contributed by atoms with Crippen molar-refractivity contribution in [3.63, 3.8) is 0 Å². The molecular weight excluding hydrogens is 232 g/mol. The highest BCUT2D eigenvalue weighted by Gasteiger charge is 2.39. The fourth-order valence-corrected chi connectivity index (χ4v) is 2.79. The lowest BCUT2D eigenvalue weighted by Crippen LogP contribution is -2.24. The lowest BCUT2D eigenvalue weighted by Gasteiger charge is -2.16. The van der Waals surface area contributed by atoms with E-state index in [1.165, 1.54) is 5.56 Å². The molecule has 1 aliphatic rings. The second-order valence-corrected chi connectivity index (χ2v) is 5.48. The molecule has 2 N–H and O–H groups in total. The summed E-state index contributed by atoms with van der Waals surface area (Å²) in [5, 5.41) is 0. The Morgan fingerprint density at radius 2 is 2.00 bits per heavy atom. The summed E-state index contributed by atoms with van der Waals surface area (Å²) >= 11 is 0. The molecule has 1 aromatic carbocycles. The van der Waals surface area contributed by atoms with Crippen LogP contribution in [0.2, 0.25) is 0 Å². The minimum absolute atomic E-state index is 0.0338. The summed E-state index contributed by atoms with van der Waals surface area (Å²) in [6, 6.07) is 10.2. The normalized spacial score (nSPS) is 24.1. The molecule has 0 aliphatic heterocycles. The fraction of sp³-hybridized carbons (Fsp3) is 0.600. The van der Waals surface area contributed by atoms with Gasteiger partial charge in [-0.3, -0.25) is 0 Å². The lowest BCUT2D eigenvalue weighted by molar-refractivity contribution is 0.00445. The summed E-state index contributed by atoms with van der Waals surface area (Å²) in [7, 11) is 0. The molecule has 0 radical (unpaired) electrons. The first-order valence-electron chi connectivity index (χ1n) is 6.72. The number of benzene rings is 1. The number of halogens is 2. The van der Waals surface area contributed by atoms with E-state index in [4.69, 9.17) is 5.73 Å². The van der Waals surface area contributed by atoms with Gasteiger partial charge in [0.05, 0.1) is 0 Å². The fourth-order valence-electron chi connectivity index (χ4n) is 2.79. The molecule has 1 saturated carbocycles. The summed E-state index contributed by atoms with van der Waals surface area (Å²) in [4.78, 5) is 0. The largest absolute Gasteiger partial charge is 0.328 e. The zero-order valence-electron chi connectivity index (χ0n) is 10.6. The highest BCUT2D eigenvalue weighted by Crippen LogP contribution is 2.40. The van der Waals surface area contributed by atoms with Gasteiger partial charge in [0.25, 0.3) is 0 Å². The maximum Gasteiger partial charge on any atom is 0.248 e. The van der Waals surface area contributed by atoms with Crippen LogP contribution in [0, 0.1) is 5.92 Å². The van der Waals surface area contributed by atoms with E-state index in [1.807, 2.05) is 18.2 Å². The van der Waals surface area contributed by atoms with Crippen molar-refractivity contribution in [1.82, 2.24) is 0 Å². The van der Waals surface area contributed by atoms with E-state index in [2.05, 4.69) is 12.1 Å². The average molecular weight is 253 g/mol. The molecule has 1 nitrogen and oxygen atoms in total. The van der Waals surface area contributed by atoms with E-state index in [1.54, 1.807) is 0 Å². The van der Waals surface area contributed by atoms with Gasteiger partial charge in [-0.2, -0.15) is 0 Å². The van der Waals surface area contributed by atoms with E-state index < -0.39 is 5.92 Å². The van der Waals surface area contributed by atoms with Crippen LogP contribution in [-0.4, -0.2) is 12.0 Å². The molecule has 2 atom stereocenters. The molecule has 0 bridgehead atoms. The number of alkyl halides is 2. The van der Waals surface area contributed by atoms with Crippen molar-refractivity contribution >= 4 is 0 Å². The van der Waals surface area contributed by atoms with E-state index >= 15 is 0 Å². The molecule has 0 saturated heterocycles. The zero-order valence-corrected chi connectivity index (χ0v) is 10.6. The molecule has 0 aromatic heterocycles. The zero-order chi connectivity index (χ0) is 13.0. The topological polar surface area (TPSA) is 26.0 Å². The SMILES string of the molecule is NC(CCc1ccccc1)CC1CCC(F)(F)C1. The second kappa shape index (κ2) is 5.79. The van der Waals surface area contributed by atoms with Crippen molar-refractivity contribution in [2.24, 2.45) is 11.7 Å². The van der Waals surface area contributed by atoms with Gasteiger partial charge < -0.3 is 5.73 Å². The molecule has 100 valence electrons. The van der Waals surface area contributed by atoms with Crippen LogP contribution in [-0.2, 0) is 6.42 Å². The Morgan fingerprint density at radius 3 is 2.61 bits per heavy atom. The number of aryl methyl sites for hydroxylation is 1. The Morgan fingerprint density at radius 1 is 1.28 bits per heavy atom. The van der Waals surface area contributed by atoms with Crippen LogP contribution in [0.25, 0.3) is 0 Å². The molecule has 1 aromatic rings. The van der Waals surface area contributed by atoms with E-state index in [-0.39, 0.29) is 24.8 Å². The van der Waals surface area contributed by atoms with Gasteiger partial charge in [-0.15, -0.1) is 0 Å². The number of nitrogens with two attached hydrogens (primary N) is 1. The molecule has 0 amide bonds. The quantitative estimate of drug-likeness (QED) is 0.849. The number of hydrogen-bond acceptors (Lipinski definition) is 1. The van der Waals surface area contributed by atoms with Crippen molar-refractivity contribution in [2.45, 2.75) is 50.5 Å². The van der Waals surface area contributed by atoms with Gasteiger partial charge in [-0.05, 0) is 37.2 Å². The van der Waals surface area contributed by atoms with Gasteiger partial charge in [0.15, 0.2) is 0 Å². The molecule has 0 spiro atoms. The first-order chi connectivity index (χ1) is 8.55. The predicted molar refractivity (Wildman–Crippen MR) is 69.6 cm³/mol. The monoisotopic (exact) mass is 253 g/mol. The van der Waals surface area contributed by atoms with Crippen molar-refractivity contribution in [3.8, 4) is 0 Å². The Hall–Kier alpha value is -0.960. The summed E-state index contributed by atoms with van der Waals surface area (Å²) in [5.41, 5.74) is 7.31. The highest BCUT2D eigenvalue weighted by molar-refractivity contribution is 5.14. The van der Waals surface area contributed by atoms with Crippen LogP contribution in [0.4, 0.5) is 8.78 Å². The third kappa shape index (κ3) is 4.05. The molecule has 2 rings (SSSR count). The molecule has 2 unspecified atom stereocenters. The summed E-state index contributed by atoms with van der Waals surface area (Å²) in [6.45, 7) is 0. The molecule has 1 aliphatic carbocycles. The average Bonchev–Trinajstić information content (AvgIpc) is 2.67. The number of hydrogen-bond donors (Lipinski definition) is 1. The van der Waals surface area contributed by atoms with Crippen molar-refractivity contribution in [1.29, 1.82) is 0 Å². The smallest absolute Gasteiger partial charge is 0.248 e. The second-order valence-electron chi connectivity index (χ2n) is 5.48. The molecule has 0 heterocycles. The molecule has 18 heavy (non-hydrogen) atoms. The van der Waals surface area contributed by atoms with Crippen LogP contribution >= 0.6 is 0 Å². The summed E-state index contributed by atoms with van der Waals surface area (Å²) in [5.74, 6) is -2.32. The van der Waals surface area contributed by atoms with Crippen molar-refractivity contribution in [3.05, 3.63) is 35.9 Å². The first-order valence-corrected chi connectivity index (χ1v) is 6.72. The van der Waals surface area contributed by atoms with Gasteiger partial charge >= 0.3 is 0 Å². The van der Waals surface area contributed by atoms with Gasteiger partial charge in [-0.25, -0.2) is 8.78 Å². The van der Waals surface area contributed by atoms with Gasteiger partial charge in [0.1, 0.15) is 0 Å². The van der Waals surface area contributed by atoms with Crippen molar-refractivity contribution < 1.29 is 8.78 Å². The predicted octanol–water partition coefficient (Wildman–Crippen LogP) is 3.77. The van der Waals surface area contributed by atoms with Crippen LogP contribution in [0.5, 0.6) is 0 Å². The standard InChI is InChI=1S/C15H21F2N/c16-15(17)9-8-13(11-15)10-14(18)7-6-12-4-2-1-3-5-12/h1-5,13-14H,6-11,18H2. The minimum atomic E-state index is -2.44. The highest BCUT2D eigenvalue weighted by atomic mass is 19.3. The van der Waals surface area contributed by atoms with E-state index in [0.29, 0.717) is 6.42 Å². The van der Waals surface area contributed by atoms with Gasteiger partial charge in [0.2, 0.25) is 5.92 Å². The lowest BCUT2D eigenvalue weighted by atomic mass is 9.94. The van der Waals surface area contributed by atoms with Gasteiger partial charge in [0, 0.05) is 18.9 Å². The van der Waals surface area contributed by atoms with Crippen LogP contribution < -0.4 is 5.73 Å². The van der Waals surface area contributed by atoms with E-state index in [0.717, 1.165) is 19.3 Å². The molecular formula is C15H21F2N. The third-order valence-electron chi connectivity index (χ3n) is 3.79. The Kier molecular flexibility index (Phi) is 4.33. The van der Waals surface area contributed by atoms with Crippen LogP contribution in [0.1, 0.15) is 37.7 Å². The molecule has 1 fully saturated rings.